The number of carbonyl (C=O) groups excluding carboxylic acids is 2. The van der Waals surface area contributed by atoms with Gasteiger partial charge in [-0.2, -0.15) is 8.78 Å². The number of amides is 2. The van der Waals surface area contributed by atoms with Crippen LogP contribution in [0.25, 0.3) is 0 Å². The van der Waals surface area contributed by atoms with Gasteiger partial charge in [-0.05, 0) is 42.0 Å². The van der Waals surface area contributed by atoms with Crippen LogP contribution in [0.2, 0.25) is 0 Å². The maximum atomic E-state index is 12.5. The number of rotatable bonds is 10. The minimum Gasteiger partial charge on any atom is -0.493 e. The minimum absolute atomic E-state index is 0.0744. The second kappa shape index (κ2) is 10.8. The Kier molecular flexibility index (Phi) is 7.63. The minimum atomic E-state index is -3.00. The van der Waals surface area contributed by atoms with E-state index in [-0.39, 0.29) is 30.4 Å². The molecule has 3 aromatic rings. The van der Waals surface area contributed by atoms with E-state index < -0.39 is 18.4 Å². The van der Waals surface area contributed by atoms with Gasteiger partial charge in [-0.1, -0.05) is 12.1 Å². The molecular weight excluding hydrogens is 426 g/mol. The quantitative estimate of drug-likeness (QED) is 0.491. The SMILES string of the molecule is COc1ccc(CNC(=O)COc2cccc(NC(=O)c3ccco3)c2)cc1OC(F)F. The monoisotopic (exact) mass is 446 g/mol. The first-order valence-electron chi connectivity index (χ1n) is 9.40. The van der Waals surface area contributed by atoms with Crippen molar-refractivity contribution in [1.29, 1.82) is 0 Å². The molecule has 2 aromatic carbocycles. The summed E-state index contributed by atoms with van der Waals surface area (Å²) < 4.78 is 44.9. The zero-order valence-corrected chi connectivity index (χ0v) is 17.0. The topological polar surface area (TPSA) is 99.0 Å². The van der Waals surface area contributed by atoms with Gasteiger partial charge in [0.25, 0.3) is 11.8 Å². The number of carbonyl (C=O) groups is 2. The average molecular weight is 446 g/mol. The molecule has 0 atom stereocenters. The Bertz CT molecular complexity index is 1060. The highest BCUT2D eigenvalue weighted by atomic mass is 19.3. The van der Waals surface area contributed by atoms with E-state index in [0.29, 0.717) is 17.0 Å². The molecule has 0 aliphatic carbocycles. The van der Waals surface area contributed by atoms with Gasteiger partial charge in [-0.25, -0.2) is 0 Å². The van der Waals surface area contributed by atoms with E-state index in [9.17, 15) is 18.4 Å². The summed E-state index contributed by atoms with van der Waals surface area (Å²) in [6, 6.07) is 14.1. The van der Waals surface area contributed by atoms with Gasteiger partial charge in [0.2, 0.25) is 0 Å². The predicted octanol–water partition coefficient (Wildman–Crippen LogP) is 3.84. The van der Waals surface area contributed by atoms with Crippen LogP contribution >= 0.6 is 0 Å². The summed E-state index contributed by atoms with van der Waals surface area (Å²) in [7, 11) is 1.34. The molecule has 0 bridgehead atoms. The van der Waals surface area contributed by atoms with Crippen LogP contribution in [-0.2, 0) is 11.3 Å². The highest BCUT2D eigenvalue weighted by molar-refractivity contribution is 6.02. The fourth-order valence-electron chi connectivity index (χ4n) is 2.68. The molecule has 32 heavy (non-hydrogen) atoms. The summed E-state index contributed by atoms with van der Waals surface area (Å²) in [5.41, 5.74) is 1.01. The van der Waals surface area contributed by atoms with Crippen molar-refractivity contribution in [3.05, 3.63) is 72.2 Å². The molecule has 0 saturated carbocycles. The third-order valence-corrected chi connectivity index (χ3v) is 4.14. The average Bonchev–Trinajstić information content (AvgIpc) is 3.31. The zero-order valence-electron chi connectivity index (χ0n) is 17.0. The van der Waals surface area contributed by atoms with Crippen LogP contribution in [0.1, 0.15) is 16.1 Å². The van der Waals surface area contributed by atoms with Crippen LogP contribution in [0.5, 0.6) is 17.2 Å². The van der Waals surface area contributed by atoms with Gasteiger partial charge in [-0.15, -0.1) is 0 Å². The Hall–Kier alpha value is -4.08. The molecule has 0 saturated heterocycles. The number of nitrogens with one attached hydrogen (secondary N) is 2. The highest BCUT2D eigenvalue weighted by Crippen LogP contribution is 2.29. The Morgan fingerprint density at radius 1 is 1.06 bits per heavy atom. The third-order valence-electron chi connectivity index (χ3n) is 4.14. The van der Waals surface area contributed by atoms with Crippen LogP contribution < -0.4 is 24.8 Å². The summed E-state index contributed by atoms with van der Waals surface area (Å²) in [6.45, 7) is -3.21. The van der Waals surface area contributed by atoms with Gasteiger partial charge in [0, 0.05) is 18.3 Å². The smallest absolute Gasteiger partial charge is 0.387 e. The summed E-state index contributed by atoms with van der Waals surface area (Å²) in [5.74, 6) is -0.283. The molecule has 1 heterocycles. The van der Waals surface area contributed by atoms with Crippen LogP contribution in [0.4, 0.5) is 14.5 Å². The van der Waals surface area contributed by atoms with Gasteiger partial charge < -0.3 is 29.3 Å². The number of halogens is 2. The number of hydrogen-bond acceptors (Lipinski definition) is 6. The maximum Gasteiger partial charge on any atom is 0.387 e. The van der Waals surface area contributed by atoms with Crippen molar-refractivity contribution in [1.82, 2.24) is 5.32 Å². The van der Waals surface area contributed by atoms with E-state index in [1.54, 1.807) is 36.4 Å². The lowest BCUT2D eigenvalue weighted by atomic mass is 10.2. The van der Waals surface area contributed by atoms with E-state index >= 15 is 0 Å². The number of methoxy groups -OCH3 is 1. The van der Waals surface area contributed by atoms with Crippen molar-refractivity contribution in [3.8, 4) is 17.2 Å². The lowest BCUT2D eigenvalue weighted by Crippen LogP contribution is -2.28. The largest absolute Gasteiger partial charge is 0.493 e. The van der Waals surface area contributed by atoms with Gasteiger partial charge in [-0.3, -0.25) is 9.59 Å². The molecule has 0 aliphatic heterocycles. The van der Waals surface area contributed by atoms with E-state index in [4.69, 9.17) is 13.9 Å². The molecule has 168 valence electrons. The van der Waals surface area contributed by atoms with Crippen LogP contribution in [-0.4, -0.2) is 32.1 Å². The molecule has 3 rings (SSSR count). The van der Waals surface area contributed by atoms with Crippen LogP contribution in [0.15, 0.2) is 65.3 Å². The standard InChI is InChI=1S/C22H20F2N2O6/c1-29-17-8-7-14(10-19(17)32-22(23)24)12-25-20(27)13-31-16-5-2-4-15(11-16)26-21(28)18-6-3-9-30-18/h2-11,22H,12-13H2,1H3,(H,25,27)(H,26,28). The van der Waals surface area contributed by atoms with Crippen LogP contribution in [0.3, 0.4) is 0 Å². The number of ether oxygens (including phenoxy) is 3. The summed E-state index contributed by atoms with van der Waals surface area (Å²) in [6.07, 6.45) is 1.39. The lowest BCUT2D eigenvalue weighted by molar-refractivity contribution is -0.123. The van der Waals surface area contributed by atoms with Crippen molar-refractivity contribution in [3.63, 3.8) is 0 Å². The van der Waals surface area contributed by atoms with Gasteiger partial charge >= 0.3 is 6.61 Å². The Labute approximate surface area is 182 Å². The van der Waals surface area contributed by atoms with Crippen molar-refractivity contribution in [2.45, 2.75) is 13.2 Å². The van der Waals surface area contributed by atoms with Gasteiger partial charge in [0.05, 0.1) is 13.4 Å². The number of anilines is 1. The van der Waals surface area contributed by atoms with E-state index in [1.165, 1.54) is 31.6 Å². The van der Waals surface area contributed by atoms with Gasteiger partial charge in [0.1, 0.15) is 5.75 Å². The third kappa shape index (κ3) is 6.46. The molecule has 0 fully saturated rings. The Morgan fingerprint density at radius 2 is 1.91 bits per heavy atom. The van der Waals surface area contributed by atoms with E-state index in [2.05, 4.69) is 15.4 Å². The molecule has 2 N–H and O–H groups in total. The second-order valence-electron chi connectivity index (χ2n) is 6.39. The molecule has 1 aromatic heterocycles. The van der Waals surface area contributed by atoms with Crippen molar-refractivity contribution >= 4 is 17.5 Å². The molecule has 10 heteroatoms. The van der Waals surface area contributed by atoms with Crippen molar-refractivity contribution in [2.24, 2.45) is 0 Å². The zero-order chi connectivity index (χ0) is 22.9. The molecule has 2 amide bonds. The highest BCUT2D eigenvalue weighted by Gasteiger charge is 2.12. The van der Waals surface area contributed by atoms with E-state index in [0.717, 1.165) is 0 Å². The first-order valence-corrected chi connectivity index (χ1v) is 9.40. The van der Waals surface area contributed by atoms with Crippen molar-refractivity contribution in [2.75, 3.05) is 19.0 Å². The molecule has 0 aliphatic rings. The fourth-order valence-corrected chi connectivity index (χ4v) is 2.68. The molecule has 0 unspecified atom stereocenters. The fraction of sp³-hybridized carbons (Fsp3) is 0.182. The number of hydrogen-bond donors (Lipinski definition) is 2. The van der Waals surface area contributed by atoms with E-state index in [1.807, 2.05) is 0 Å². The van der Waals surface area contributed by atoms with Gasteiger partial charge in [0.15, 0.2) is 23.9 Å². The lowest BCUT2D eigenvalue weighted by Gasteiger charge is -2.12. The first-order chi connectivity index (χ1) is 15.4. The number of alkyl halides is 2. The summed E-state index contributed by atoms with van der Waals surface area (Å²) in [5, 5.41) is 5.28. The Morgan fingerprint density at radius 3 is 2.62 bits per heavy atom. The Balaban J connectivity index is 1.50. The molecule has 8 nitrogen and oxygen atoms in total. The normalized spacial score (nSPS) is 10.5. The molecule has 0 radical (unpaired) electrons. The maximum absolute atomic E-state index is 12.5. The number of benzene rings is 2. The number of furan rings is 1. The molecular formula is C22H20F2N2O6. The summed E-state index contributed by atoms with van der Waals surface area (Å²) in [4.78, 5) is 24.1. The second-order valence-corrected chi connectivity index (χ2v) is 6.39. The van der Waals surface area contributed by atoms with Crippen LogP contribution in [0, 0.1) is 0 Å². The molecule has 0 spiro atoms. The summed E-state index contributed by atoms with van der Waals surface area (Å²) >= 11 is 0. The first kappa shape index (κ1) is 22.6. The predicted molar refractivity (Wildman–Crippen MR) is 110 cm³/mol. The van der Waals surface area contributed by atoms with Crippen molar-refractivity contribution < 1.29 is 37.0 Å².